The van der Waals surface area contributed by atoms with Crippen LogP contribution in [0.25, 0.3) is 0 Å². The quantitative estimate of drug-likeness (QED) is 0.845. The zero-order valence-corrected chi connectivity index (χ0v) is 10.3. The summed E-state index contributed by atoms with van der Waals surface area (Å²) in [5.41, 5.74) is 0.525. The minimum absolute atomic E-state index is 0.0134. The highest BCUT2D eigenvalue weighted by molar-refractivity contribution is 7.99. The van der Waals surface area contributed by atoms with Gasteiger partial charge in [-0.3, -0.25) is 4.79 Å². The van der Waals surface area contributed by atoms with Crippen molar-refractivity contribution in [1.82, 2.24) is 20.2 Å². The molecule has 1 heterocycles. The van der Waals surface area contributed by atoms with Crippen LogP contribution in [0, 0.1) is 0 Å². The molecule has 0 fully saturated rings. The molecule has 100 valence electrons. The minimum Gasteiger partial charge on any atom is -0.324 e. The van der Waals surface area contributed by atoms with E-state index in [1.807, 2.05) is 0 Å². The third kappa shape index (κ3) is 4.28. The van der Waals surface area contributed by atoms with Gasteiger partial charge in [0.05, 0.1) is 0 Å². The maximum atomic E-state index is 12.1. The summed E-state index contributed by atoms with van der Waals surface area (Å²) in [6, 6.07) is 6.15. The maximum Gasteiger partial charge on any atom is 0.288 e. The van der Waals surface area contributed by atoms with E-state index in [4.69, 9.17) is 0 Å². The first-order valence-corrected chi connectivity index (χ1v) is 6.07. The first-order chi connectivity index (χ1) is 9.13. The molecule has 19 heavy (non-hydrogen) atoms. The summed E-state index contributed by atoms with van der Waals surface area (Å²) in [5.74, 6) is -2.76. The normalized spacial score (nSPS) is 10.7. The lowest BCUT2D eigenvalue weighted by atomic mass is 10.3. The van der Waals surface area contributed by atoms with E-state index in [-0.39, 0.29) is 12.5 Å². The van der Waals surface area contributed by atoms with Gasteiger partial charge in [0.2, 0.25) is 5.91 Å². The Kier molecular flexibility index (Phi) is 4.39. The number of thioether (sulfide) groups is 1. The second kappa shape index (κ2) is 6.23. The molecule has 6 nitrogen and oxygen atoms in total. The van der Waals surface area contributed by atoms with Gasteiger partial charge in [-0.1, -0.05) is 11.8 Å². The van der Waals surface area contributed by atoms with Gasteiger partial charge in [-0.2, -0.15) is 8.78 Å². The van der Waals surface area contributed by atoms with Gasteiger partial charge in [-0.15, -0.1) is 5.10 Å². The standard InChI is InChI=1S/C10H9F2N5OS/c11-10(12)19-8-3-1-7(2-4-8)14-9(18)5-17-6-13-15-16-17/h1-4,6,10H,5H2,(H,14,18). The molecule has 0 aliphatic heterocycles. The minimum atomic E-state index is -2.46. The summed E-state index contributed by atoms with van der Waals surface area (Å²) in [6.07, 6.45) is 1.32. The SMILES string of the molecule is O=C(Cn1cnnn1)Nc1ccc(SC(F)F)cc1. The largest absolute Gasteiger partial charge is 0.324 e. The number of aromatic nitrogens is 4. The lowest BCUT2D eigenvalue weighted by Gasteiger charge is -2.06. The van der Waals surface area contributed by atoms with Crippen molar-refractivity contribution in [1.29, 1.82) is 0 Å². The summed E-state index contributed by atoms with van der Waals surface area (Å²) in [6.45, 7) is -0.0134. The number of hydrogen-bond acceptors (Lipinski definition) is 5. The number of benzene rings is 1. The Hall–Kier alpha value is -2.03. The van der Waals surface area contributed by atoms with Gasteiger partial charge >= 0.3 is 0 Å². The van der Waals surface area contributed by atoms with E-state index in [0.29, 0.717) is 22.3 Å². The van der Waals surface area contributed by atoms with Gasteiger partial charge < -0.3 is 5.32 Å². The highest BCUT2D eigenvalue weighted by Crippen LogP contribution is 2.26. The third-order valence-electron chi connectivity index (χ3n) is 2.06. The van der Waals surface area contributed by atoms with Crippen molar-refractivity contribution in [3.05, 3.63) is 30.6 Å². The summed E-state index contributed by atoms with van der Waals surface area (Å²) in [4.78, 5) is 12.0. The summed E-state index contributed by atoms with van der Waals surface area (Å²) in [7, 11) is 0. The number of anilines is 1. The molecular weight excluding hydrogens is 276 g/mol. The molecule has 1 aromatic heterocycles. The predicted octanol–water partition coefficient (Wildman–Crippen LogP) is 1.63. The second-order valence-electron chi connectivity index (χ2n) is 3.46. The molecular formula is C10H9F2N5OS. The molecule has 0 saturated heterocycles. The Balaban J connectivity index is 1.90. The highest BCUT2D eigenvalue weighted by Gasteiger charge is 2.07. The lowest BCUT2D eigenvalue weighted by molar-refractivity contribution is -0.116. The fourth-order valence-corrected chi connectivity index (χ4v) is 1.82. The molecule has 0 unspecified atom stereocenters. The van der Waals surface area contributed by atoms with Crippen molar-refractivity contribution in [2.45, 2.75) is 17.2 Å². The van der Waals surface area contributed by atoms with E-state index in [2.05, 4.69) is 20.8 Å². The van der Waals surface area contributed by atoms with Crippen molar-refractivity contribution in [3.63, 3.8) is 0 Å². The Labute approximate surface area is 111 Å². The van der Waals surface area contributed by atoms with Gasteiger partial charge in [-0.05, 0) is 34.7 Å². The molecule has 2 rings (SSSR count). The fourth-order valence-electron chi connectivity index (χ4n) is 1.32. The number of carbonyl (C=O) groups is 1. The van der Waals surface area contributed by atoms with Crippen LogP contribution in [0.3, 0.4) is 0 Å². The molecule has 9 heteroatoms. The zero-order chi connectivity index (χ0) is 13.7. The van der Waals surface area contributed by atoms with Crippen LogP contribution in [-0.4, -0.2) is 31.9 Å². The maximum absolute atomic E-state index is 12.1. The molecule has 1 N–H and O–H groups in total. The number of halogens is 2. The van der Waals surface area contributed by atoms with Crippen LogP contribution in [0.2, 0.25) is 0 Å². The average Bonchev–Trinajstić information content (AvgIpc) is 2.83. The first-order valence-electron chi connectivity index (χ1n) is 5.19. The number of nitrogens with one attached hydrogen (secondary N) is 1. The Morgan fingerprint density at radius 3 is 2.68 bits per heavy atom. The molecule has 0 spiro atoms. The summed E-state index contributed by atoms with van der Waals surface area (Å²) in [5, 5.41) is 13.0. The molecule has 0 aliphatic carbocycles. The Morgan fingerprint density at radius 2 is 2.11 bits per heavy atom. The number of amides is 1. The van der Waals surface area contributed by atoms with Gasteiger partial charge in [0.25, 0.3) is 5.76 Å². The Morgan fingerprint density at radius 1 is 1.37 bits per heavy atom. The Bertz CT molecular complexity index is 531. The van der Waals surface area contributed by atoms with Crippen molar-refractivity contribution in [2.24, 2.45) is 0 Å². The summed E-state index contributed by atoms with van der Waals surface area (Å²) < 4.78 is 25.5. The smallest absolute Gasteiger partial charge is 0.288 e. The van der Waals surface area contributed by atoms with Crippen molar-refractivity contribution >= 4 is 23.4 Å². The van der Waals surface area contributed by atoms with Crippen LogP contribution >= 0.6 is 11.8 Å². The van der Waals surface area contributed by atoms with Crippen LogP contribution in [0.1, 0.15) is 0 Å². The van der Waals surface area contributed by atoms with Crippen LogP contribution in [-0.2, 0) is 11.3 Å². The molecule has 1 aromatic carbocycles. The predicted molar refractivity (Wildman–Crippen MR) is 64.7 cm³/mol. The number of alkyl halides is 2. The monoisotopic (exact) mass is 285 g/mol. The number of tetrazole rings is 1. The van der Waals surface area contributed by atoms with E-state index in [1.54, 1.807) is 12.1 Å². The van der Waals surface area contributed by atoms with Crippen molar-refractivity contribution < 1.29 is 13.6 Å². The molecule has 0 bridgehead atoms. The topological polar surface area (TPSA) is 72.7 Å². The zero-order valence-electron chi connectivity index (χ0n) is 9.53. The van der Waals surface area contributed by atoms with Gasteiger partial charge in [0.1, 0.15) is 12.9 Å². The molecule has 0 saturated carbocycles. The average molecular weight is 285 g/mol. The van der Waals surface area contributed by atoms with Gasteiger partial charge in [-0.25, -0.2) is 4.68 Å². The van der Waals surface area contributed by atoms with E-state index in [0.717, 1.165) is 0 Å². The first kappa shape index (κ1) is 13.4. The van der Waals surface area contributed by atoms with Crippen LogP contribution < -0.4 is 5.32 Å². The molecule has 1 amide bonds. The molecule has 0 radical (unpaired) electrons. The third-order valence-corrected chi connectivity index (χ3v) is 2.78. The lowest BCUT2D eigenvalue weighted by Crippen LogP contribution is -2.19. The van der Waals surface area contributed by atoms with Crippen molar-refractivity contribution in [2.75, 3.05) is 5.32 Å². The number of carbonyl (C=O) groups excluding carboxylic acids is 1. The number of nitrogens with zero attached hydrogens (tertiary/aromatic N) is 4. The van der Waals surface area contributed by atoms with Gasteiger partial charge in [0.15, 0.2) is 0 Å². The second-order valence-corrected chi connectivity index (χ2v) is 4.52. The van der Waals surface area contributed by atoms with Crippen LogP contribution in [0.5, 0.6) is 0 Å². The van der Waals surface area contributed by atoms with Crippen LogP contribution in [0.4, 0.5) is 14.5 Å². The van der Waals surface area contributed by atoms with E-state index >= 15 is 0 Å². The van der Waals surface area contributed by atoms with Gasteiger partial charge in [0, 0.05) is 10.6 Å². The van der Waals surface area contributed by atoms with E-state index in [1.165, 1.54) is 23.1 Å². The number of hydrogen-bond donors (Lipinski definition) is 1. The van der Waals surface area contributed by atoms with Crippen LogP contribution in [0.15, 0.2) is 35.5 Å². The van der Waals surface area contributed by atoms with E-state index in [9.17, 15) is 13.6 Å². The molecule has 0 atom stereocenters. The molecule has 2 aromatic rings. The highest BCUT2D eigenvalue weighted by atomic mass is 32.2. The molecule has 0 aliphatic rings. The fraction of sp³-hybridized carbons (Fsp3) is 0.200. The summed E-state index contributed by atoms with van der Waals surface area (Å²) >= 11 is 0.453. The van der Waals surface area contributed by atoms with E-state index < -0.39 is 5.76 Å². The number of rotatable bonds is 5. The van der Waals surface area contributed by atoms with Crippen molar-refractivity contribution in [3.8, 4) is 0 Å².